The lowest BCUT2D eigenvalue weighted by Crippen LogP contribution is -2.34. The average molecular weight is 356 g/mol. The van der Waals surface area contributed by atoms with E-state index in [1.165, 1.54) is 18.1 Å². The number of nitrogens with two attached hydrogens (primary N) is 1. The molecule has 0 aliphatic rings. The summed E-state index contributed by atoms with van der Waals surface area (Å²) in [6.07, 6.45) is -2.82. The summed E-state index contributed by atoms with van der Waals surface area (Å²) in [6, 6.07) is 0.735. The van der Waals surface area contributed by atoms with Crippen molar-refractivity contribution in [3.63, 3.8) is 0 Å². The van der Waals surface area contributed by atoms with Gasteiger partial charge in [-0.25, -0.2) is 4.98 Å². The van der Waals surface area contributed by atoms with Crippen LogP contribution >= 0.6 is 28.1 Å². The van der Waals surface area contributed by atoms with Gasteiger partial charge in [0, 0.05) is 30.2 Å². The van der Waals surface area contributed by atoms with Crippen molar-refractivity contribution >= 4 is 39.0 Å². The topological polar surface area (TPSA) is 42.1 Å². The van der Waals surface area contributed by atoms with Gasteiger partial charge in [-0.05, 0) is 28.9 Å². The Morgan fingerprint density at radius 3 is 2.63 bits per heavy atom. The molecule has 0 saturated carbocycles. The lowest BCUT2D eigenvalue weighted by atomic mass is 10.1. The van der Waals surface area contributed by atoms with Gasteiger partial charge < -0.3 is 10.6 Å². The molecule has 0 amide bonds. The first-order chi connectivity index (χ1) is 8.62. The number of hydrogen-bond acceptors (Lipinski definition) is 3. The summed E-state index contributed by atoms with van der Waals surface area (Å²) in [5.41, 5.74) is 4.62. The van der Waals surface area contributed by atoms with Crippen molar-refractivity contribution in [1.82, 2.24) is 4.98 Å². The number of anilines is 1. The van der Waals surface area contributed by atoms with Gasteiger partial charge >= 0.3 is 6.18 Å². The van der Waals surface area contributed by atoms with E-state index < -0.39 is 11.7 Å². The third-order valence-corrected chi connectivity index (χ3v) is 3.23. The maximum atomic E-state index is 13.0. The van der Waals surface area contributed by atoms with Gasteiger partial charge in [-0.1, -0.05) is 12.2 Å². The van der Waals surface area contributed by atoms with Gasteiger partial charge in [-0.3, -0.25) is 0 Å². The first-order valence-corrected chi connectivity index (χ1v) is 6.57. The molecule has 0 radical (unpaired) electrons. The predicted octanol–water partition coefficient (Wildman–Crippen LogP) is 3.36. The highest BCUT2D eigenvalue weighted by Crippen LogP contribution is 2.37. The molecular formula is C11H13BrF3N3S. The number of hydrogen-bond donors (Lipinski definition) is 1. The molecule has 8 heteroatoms. The molecule has 0 aliphatic heterocycles. The first kappa shape index (κ1) is 16.2. The number of aromatic nitrogens is 1. The normalized spacial score (nSPS) is 13.2. The van der Waals surface area contributed by atoms with E-state index in [9.17, 15) is 13.2 Å². The van der Waals surface area contributed by atoms with E-state index in [2.05, 4.69) is 20.9 Å². The Labute approximate surface area is 123 Å². The fraction of sp³-hybridized carbons (Fsp3) is 0.455. The molecule has 0 fully saturated rings. The quantitative estimate of drug-likeness (QED) is 0.840. The van der Waals surface area contributed by atoms with Gasteiger partial charge in [-0.2, -0.15) is 13.2 Å². The summed E-state index contributed by atoms with van der Waals surface area (Å²) in [5.74, 6) is -0.139. The summed E-state index contributed by atoms with van der Waals surface area (Å²) < 4.78 is 39.2. The van der Waals surface area contributed by atoms with Gasteiger partial charge in [0.05, 0.1) is 10.6 Å². The van der Waals surface area contributed by atoms with Gasteiger partial charge in [0.15, 0.2) is 0 Å². The van der Waals surface area contributed by atoms with Crippen LogP contribution in [0.2, 0.25) is 0 Å². The first-order valence-electron chi connectivity index (χ1n) is 5.36. The molecule has 2 N–H and O–H groups in total. The molecule has 0 spiro atoms. The number of pyridine rings is 1. The number of rotatable bonds is 4. The van der Waals surface area contributed by atoms with Crippen LogP contribution < -0.4 is 10.6 Å². The summed E-state index contributed by atoms with van der Waals surface area (Å²) in [5, 5.41) is 0. The van der Waals surface area contributed by atoms with Crippen molar-refractivity contribution in [2.75, 3.05) is 11.9 Å². The lowest BCUT2D eigenvalue weighted by molar-refractivity contribution is -0.137. The Bertz CT molecular complexity index is 479. The van der Waals surface area contributed by atoms with E-state index in [1.54, 1.807) is 6.92 Å². The SMILES string of the molecule is CC(CC(N)=S)N(C)c1ncc(Br)cc1C(F)(F)F. The monoisotopic (exact) mass is 355 g/mol. The fourth-order valence-electron chi connectivity index (χ4n) is 1.56. The van der Waals surface area contributed by atoms with Crippen molar-refractivity contribution < 1.29 is 13.2 Å². The van der Waals surface area contributed by atoms with Crippen LogP contribution in [-0.2, 0) is 6.18 Å². The van der Waals surface area contributed by atoms with Gasteiger partial charge in [-0.15, -0.1) is 0 Å². The lowest BCUT2D eigenvalue weighted by Gasteiger charge is -2.28. The highest BCUT2D eigenvalue weighted by atomic mass is 79.9. The Kier molecular flexibility index (Phi) is 5.14. The van der Waals surface area contributed by atoms with E-state index in [4.69, 9.17) is 18.0 Å². The van der Waals surface area contributed by atoms with Crippen LogP contribution in [0.5, 0.6) is 0 Å². The second-order valence-corrected chi connectivity index (χ2v) is 5.59. The Morgan fingerprint density at radius 2 is 2.16 bits per heavy atom. The molecule has 19 heavy (non-hydrogen) atoms. The number of nitrogens with zero attached hydrogens (tertiary/aromatic N) is 2. The molecule has 0 aromatic carbocycles. The fourth-order valence-corrected chi connectivity index (χ4v) is 2.13. The van der Waals surface area contributed by atoms with Gasteiger partial charge in [0.2, 0.25) is 0 Å². The molecule has 1 aromatic heterocycles. The second kappa shape index (κ2) is 6.04. The van der Waals surface area contributed by atoms with Crippen LogP contribution in [-0.4, -0.2) is 23.1 Å². The highest BCUT2D eigenvalue weighted by Gasteiger charge is 2.36. The molecule has 0 bridgehead atoms. The minimum absolute atomic E-state index is 0.139. The average Bonchev–Trinajstić information content (AvgIpc) is 2.25. The minimum atomic E-state index is -4.47. The molecule has 1 heterocycles. The number of alkyl halides is 3. The van der Waals surface area contributed by atoms with Crippen molar-refractivity contribution in [2.45, 2.75) is 25.6 Å². The molecule has 0 saturated heterocycles. The van der Waals surface area contributed by atoms with Crippen molar-refractivity contribution in [1.29, 1.82) is 0 Å². The Hall–Kier alpha value is -0.890. The van der Waals surface area contributed by atoms with Crippen molar-refractivity contribution in [3.8, 4) is 0 Å². The third kappa shape index (κ3) is 4.31. The Balaban J connectivity index is 3.16. The standard InChI is InChI=1S/C11H13BrF3N3S/c1-6(3-9(16)19)18(2)10-8(11(13,14)15)4-7(12)5-17-10/h4-6H,3H2,1-2H3,(H2,16,19). The molecule has 1 atom stereocenters. The molecular weight excluding hydrogens is 343 g/mol. The van der Waals surface area contributed by atoms with E-state index in [0.717, 1.165) is 6.07 Å². The molecule has 1 rings (SSSR count). The zero-order valence-electron chi connectivity index (χ0n) is 10.3. The highest BCUT2D eigenvalue weighted by molar-refractivity contribution is 9.10. The second-order valence-electron chi connectivity index (χ2n) is 4.15. The van der Waals surface area contributed by atoms with E-state index in [0.29, 0.717) is 6.42 Å². The van der Waals surface area contributed by atoms with Crippen LogP contribution in [0.4, 0.5) is 19.0 Å². The van der Waals surface area contributed by atoms with Crippen LogP contribution in [0.3, 0.4) is 0 Å². The number of halogens is 4. The van der Waals surface area contributed by atoms with E-state index >= 15 is 0 Å². The summed E-state index contributed by atoms with van der Waals surface area (Å²) >= 11 is 7.76. The molecule has 1 aromatic rings. The van der Waals surface area contributed by atoms with Gasteiger partial charge in [0.25, 0.3) is 0 Å². The van der Waals surface area contributed by atoms with Gasteiger partial charge in [0.1, 0.15) is 5.82 Å². The van der Waals surface area contributed by atoms with Crippen molar-refractivity contribution in [2.24, 2.45) is 5.73 Å². The summed E-state index contributed by atoms with van der Waals surface area (Å²) in [4.78, 5) is 5.53. The Morgan fingerprint density at radius 1 is 1.58 bits per heavy atom. The zero-order chi connectivity index (χ0) is 14.8. The minimum Gasteiger partial charge on any atom is -0.393 e. The maximum absolute atomic E-state index is 13.0. The van der Waals surface area contributed by atoms with Crippen molar-refractivity contribution in [3.05, 3.63) is 22.3 Å². The molecule has 0 aliphatic carbocycles. The van der Waals surface area contributed by atoms with Crippen LogP contribution in [0.1, 0.15) is 18.9 Å². The molecule has 1 unspecified atom stereocenters. The van der Waals surface area contributed by atoms with Crippen LogP contribution in [0.25, 0.3) is 0 Å². The smallest absolute Gasteiger partial charge is 0.393 e. The largest absolute Gasteiger partial charge is 0.419 e. The zero-order valence-corrected chi connectivity index (χ0v) is 12.7. The summed E-state index contributed by atoms with van der Waals surface area (Å²) in [7, 11) is 1.54. The maximum Gasteiger partial charge on any atom is 0.419 e. The van der Waals surface area contributed by atoms with E-state index in [-0.39, 0.29) is 21.3 Å². The molecule has 3 nitrogen and oxygen atoms in total. The number of thiocarbonyl (C=S) groups is 1. The van der Waals surface area contributed by atoms with Crippen LogP contribution in [0.15, 0.2) is 16.7 Å². The predicted molar refractivity (Wildman–Crippen MR) is 76.2 cm³/mol. The third-order valence-electron chi connectivity index (χ3n) is 2.63. The van der Waals surface area contributed by atoms with E-state index in [1.807, 2.05) is 0 Å². The molecule has 106 valence electrons. The summed E-state index contributed by atoms with van der Waals surface area (Å²) in [6.45, 7) is 1.74. The van der Waals surface area contributed by atoms with Crippen LogP contribution in [0, 0.1) is 0 Å².